The van der Waals surface area contributed by atoms with Gasteiger partial charge in [-0.05, 0) is 49.2 Å². The molecule has 0 bridgehead atoms. The molecule has 1 aliphatic heterocycles. The molecule has 1 aromatic carbocycles. The molecule has 2 aromatic heterocycles. The van der Waals surface area contributed by atoms with Gasteiger partial charge >= 0.3 is 0 Å². The third-order valence-electron chi connectivity index (χ3n) is 5.20. The van der Waals surface area contributed by atoms with Crippen molar-refractivity contribution in [2.45, 2.75) is 13.8 Å². The van der Waals surface area contributed by atoms with Crippen LogP contribution in [0.2, 0.25) is 0 Å². The molecular weight excluding hydrogens is 364 g/mol. The Balaban J connectivity index is 1.36. The molecule has 0 spiro atoms. The number of carbonyl (C=O) groups excluding carboxylic acids is 1. The standard InChI is InChI=1S/C22H24N6O/c1-16-6-7-19(13-17(16)2)26-21(29)18-14-24-22(25-15-18)28-11-9-27(10-12-28)20-5-3-4-8-23-20/h3-8,13-15H,9-12H2,1-2H3,(H,26,29). The van der Waals surface area contributed by atoms with Gasteiger partial charge in [-0.1, -0.05) is 12.1 Å². The molecule has 0 saturated carbocycles. The first-order valence-corrected chi connectivity index (χ1v) is 9.72. The van der Waals surface area contributed by atoms with Crippen LogP contribution in [-0.2, 0) is 0 Å². The second-order valence-corrected chi connectivity index (χ2v) is 7.19. The van der Waals surface area contributed by atoms with Gasteiger partial charge < -0.3 is 15.1 Å². The number of piperazine rings is 1. The fourth-order valence-corrected chi connectivity index (χ4v) is 3.30. The number of aryl methyl sites for hydroxylation is 2. The molecule has 148 valence electrons. The zero-order valence-corrected chi connectivity index (χ0v) is 16.7. The van der Waals surface area contributed by atoms with Gasteiger partial charge in [-0.25, -0.2) is 15.0 Å². The van der Waals surface area contributed by atoms with E-state index in [2.05, 4.69) is 30.1 Å². The Hall–Kier alpha value is -3.48. The van der Waals surface area contributed by atoms with E-state index in [1.54, 1.807) is 12.4 Å². The first-order valence-electron chi connectivity index (χ1n) is 9.72. The minimum Gasteiger partial charge on any atom is -0.353 e. The number of anilines is 3. The van der Waals surface area contributed by atoms with Gasteiger partial charge in [0.05, 0.1) is 5.56 Å². The number of benzene rings is 1. The van der Waals surface area contributed by atoms with E-state index < -0.39 is 0 Å². The molecule has 7 heteroatoms. The van der Waals surface area contributed by atoms with Crippen LogP contribution in [0.3, 0.4) is 0 Å². The Morgan fingerprint density at radius 2 is 1.62 bits per heavy atom. The van der Waals surface area contributed by atoms with Gasteiger partial charge in [-0.15, -0.1) is 0 Å². The minimum atomic E-state index is -0.209. The molecule has 3 heterocycles. The van der Waals surface area contributed by atoms with Crippen LogP contribution in [0.25, 0.3) is 0 Å². The number of pyridine rings is 1. The monoisotopic (exact) mass is 388 g/mol. The van der Waals surface area contributed by atoms with Crippen molar-refractivity contribution >= 4 is 23.4 Å². The van der Waals surface area contributed by atoms with Crippen LogP contribution < -0.4 is 15.1 Å². The summed E-state index contributed by atoms with van der Waals surface area (Å²) in [6.07, 6.45) is 4.99. The highest BCUT2D eigenvalue weighted by Gasteiger charge is 2.20. The second-order valence-electron chi connectivity index (χ2n) is 7.19. The van der Waals surface area contributed by atoms with Crippen LogP contribution in [0.15, 0.2) is 55.0 Å². The lowest BCUT2D eigenvalue weighted by molar-refractivity contribution is 0.102. The van der Waals surface area contributed by atoms with Crippen molar-refractivity contribution in [3.8, 4) is 0 Å². The van der Waals surface area contributed by atoms with E-state index in [4.69, 9.17) is 0 Å². The van der Waals surface area contributed by atoms with Crippen LogP contribution in [0.5, 0.6) is 0 Å². The summed E-state index contributed by atoms with van der Waals surface area (Å²) in [5, 5.41) is 2.90. The van der Waals surface area contributed by atoms with Gasteiger partial charge in [0, 0.05) is 50.5 Å². The Morgan fingerprint density at radius 1 is 0.897 bits per heavy atom. The molecule has 1 amide bonds. The van der Waals surface area contributed by atoms with Crippen LogP contribution in [0.1, 0.15) is 21.5 Å². The molecule has 0 atom stereocenters. The highest BCUT2D eigenvalue weighted by molar-refractivity contribution is 6.03. The number of hydrogen-bond donors (Lipinski definition) is 1. The fourth-order valence-electron chi connectivity index (χ4n) is 3.30. The third kappa shape index (κ3) is 4.34. The summed E-state index contributed by atoms with van der Waals surface area (Å²) in [6.45, 7) is 7.40. The van der Waals surface area contributed by atoms with Crippen LogP contribution in [0.4, 0.5) is 17.5 Å². The summed E-state index contributed by atoms with van der Waals surface area (Å²) in [5.74, 6) is 1.43. The molecule has 4 rings (SSSR count). The Labute approximate surface area is 170 Å². The zero-order chi connectivity index (χ0) is 20.2. The van der Waals surface area contributed by atoms with Gasteiger partial charge in [0.1, 0.15) is 5.82 Å². The van der Waals surface area contributed by atoms with Gasteiger partial charge in [0.2, 0.25) is 5.95 Å². The van der Waals surface area contributed by atoms with E-state index >= 15 is 0 Å². The second kappa shape index (κ2) is 8.26. The summed E-state index contributed by atoms with van der Waals surface area (Å²) >= 11 is 0. The molecule has 29 heavy (non-hydrogen) atoms. The molecule has 1 N–H and O–H groups in total. The molecule has 3 aromatic rings. The number of aromatic nitrogens is 3. The van der Waals surface area contributed by atoms with Crippen LogP contribution in [0, 0.1) is 13.8 Å². The summed E-state index contributed by atoms with van der Waals surface area (Å²) in [6, 6.07) is 11.8. The molecule has 0 aliphatic carbocycles. The number of nitrogens with one attached hydrogen (secondary N) is 1. The van der Waals surface area contributed by atoms with Crippen molar-refractivity contribution in [2.24, 2.45) is 0 Å². The summed E-state index contributed by atoms with van der Waals surface area (Å²) in [7, 11) is 0. The van der Waals surface area contributed by atoms with E-state index in [1.807, 2.05) is 56.4 Å². The van der Waals surface area contributed by atoms with Gasteiger partial charge in [-0.3, -0.25) is 4.79 Å². The number of nitrogens with zero attached hydrogens (tertiary/aromatic N) is 5. The molecule has 1 aliphatic rings. The van der Waals surface area contributed by atoms with Gasteiger partial charge in [0.25, 0.3) is 5.91 Å². The lowest BCUT2D eigenvalue weighted by Crippen LogP contribution is -2.47. The van der Waals surface area contributed by atoms with Gasteiger partial charge in [0.15, 0.2) is 0 Å². The SMILES string of the molecule is Cc1ccc(NC(=O)c2cnc(N3CCN(c4ccccn4)CC3)nc2)cc1C. The number of rotatable bonds is 4. The smallest absolute Gasteiger partial charge is 0.258 e. The van der Waals surface area contributed by atoms with E-state index in [9.17, 15) is 4.79 Å². The maximum Gasteiger partial charge on any atom is 0.258 e. The average Bonchev–Trinajstić information content (AvgIpc) is 2.77. The highest BCUT2D eigenvalue weighted by Crippen LogP contribution is 2.17. The zero-order valence-electron chi connectivity index (χ0n) is 16.7. The van der Waals surface area contributed by atoms with Crippen molar-refractivity contribution in [2.75, 3.05) is 41.3 Å². The first kappa shape index (κ1) is 18.9. The molecule has 0 radical (unpaired) electrons. The first-order chi connectivity index (χ1) is 14.1. The molecular formula is C22H24N6O. The number of amides is 1. The lowest BCUT2D eigenvalue weighted by atomic mass is 10.1. The van der Waals surface area contributed by atoms with E-state index in [0.717, 1.165) is 43.2 Å². The van der Waals surface area contributed by atoms with Crippen LogP contribution in [-0.4, -0.2) is 47.0 Å². The van der Waals surface area contributed by atoms with Crippen molar-refractivity contribution in [1.29, 1.82) is 0 Å². The Bertz CT molecular complexity index is 982. The average molecular weight is 388 g/mol. The predicted octanol–water partition coefficient (Wildman–Crippen LogP) is 3.07. The van der Waals surface area contributed by atoms with Crippen molar-refractivity contribution in [3.05, 3.63) is 71.7 Å². The maximum absolute atomic E-state index is 12.5. The third-order valence-corrected chi connectivity index (χ3v) is 5.20. The normalized spacial score (nSPS) is 14.0. The molecule has 1 fully saturated rings. The largest absolute Gasteiger partial charge is 0.353 e. The van der Waals surface area contributed by atoms with E-state index in [1.165, 1.54) is 5.56 Å². The number of hydrogen-bond acceptors (Lipinski definition) is 6. The van der Waals surface area contributed by atoms with Crippen LogP contribution >= 0.6 is 0 Å². The summed E-state index contributed by atoms with van der Waals surface area (Å²) < 4.78 is 0. The lowest BCUT2D eigenvalue weighted by Gasteiger charge is -2.35. The Kier molecular flexibility index (Phi) is 5.37. The number of carbonyl (C=O) groups is 1. The molecule has 1 saturated heterocycles. The maximum atomic E-state index is 12.5. The molecule has 7 nitrogen and oxygen atoms in total. The summed E-state index contributed by atoms with van der Waals surface area (Å²) in [4.78, 5) is 30.1. The topological polar surface area (TPSA) is 74.2 Å². The highest BCUT2D eigenvalue weighted by atomic mass is 16.1. The Morgan fingerprint density at radius 3 is 2.28 bits per heavy atom. The van der Waals surface area contributed by atoms with E-state index in [-0.39, 0.29) is 5.91 Å². The summed E-state index contributed by atoms with van der Waals surface area (Å²) in [5.41, 5.74) is 3.55. The molecule has 0 unspecified atom stereocenters. The predicted molar refractivity (Wildman–Crippen MR) is 115 cm³/mol. The van der Waals surface area contributed by atoms with E-state index in [0.29, 0.717) is 11.5 Å². The fraction of sp³-hybridized carbons (Fsp3) is 0.273. The van der Waals surface area contributed by atoms with Crippen molar-refractivity contribution in [1.82, 2.24) is 15.0 Å². The quantitative estimate of drug-likeness (QED) is 0.740. The minimum absolute atomic E-state index is 0.209. The van der Waals surface area contributed by atoms with Gasteiger partial charge in [-0.2, -0.15) is 0 Å². The van der Waals surface area contributed by atoms with Crippen molar-refractivity contribution in [3.63, 3.8) is 0 Å². The van der Waals surface area contributed by atoms with Crippen molar-refractivity contribution < 1.29 is 4.79 Å².